The van der Waals surface area contributed by atoms with E-state index >= 15 is 0 Å². The van der Waals surface area contributed by atoms with Crippen LogP contribution in [0.15, 0.2) is 24.3 Å². The molecule has 1 aromatic heterocycles. The highest BCUT2D eigenvalue weighted by Crippen LogP contribution is 2.19. The highest BCUT2D eigenvalue weighted by molar-refractivity contribution is 6.67. The molecule has 0 aliphatic heterocycles. The molecule has 84 valence electrons. The van der Waals surface area contributed by atoms with E-state index in [1.807, 2.05) is 13.0 Å². The number of aryl methyl sites for hydroxylation is 1. The van der Waals surface area contributed by atoms with E-state index in [9.17, 15) is 4.79 Å². The van der Waals surface area contributed by atoms with Gasteiger partial charge in [0.2, 0.25) is 0 Å². The van der Waals surface area contributed by atoms with Crippen molar-refractivity contribution in [2.45, 2.75) is 6.92 Å². The molecule has 0 atom stereocenters. The molecule has 0 aliphatic rings. The lowest BCUT2D eigenvalue weighted by Crippen LogP contribution is -1.95. The van der Waals surface area contributed by atoms with Crippen LogP contribution in [0.1, 0.15) is 15.9 Å². The molecule has 3 nitrogen and oxygen atoms in total. The van der Waals surface area contributed by atoms with Gasteiger partial charge in [0, 0.05) is 10.9 Å². The zero-order chi connectivity index (χ0) is 11.0. The van der Waals surface area contributed by atoms with Gasteiger partial charge in [-0.3, -0.25) is 4.79 Å². The molecule has 0 amide bonds. The fourth-order valence-electron chi connectivity index (χ4n) is 1.42. The molecule has 0 fully saturated rings. The number of carbonyl (C=O) groups is 1. The van der Waals surface area contributed by atoms with Crippen molar-refractivity contribution in [3.05, 3.63) is 35.4 Å². The number of fused-ring (bicyclic) bond motifs is 1. The van der Waals surface area contributed by atoms with Crippen molar-refractivity contribution in [1.29, 1.82) is 0 Å². The van der Waals surface area contributed by atoms with E-state index in [2.05, 4.69) is 4.98 Å². The number of rotatable bonds is 1. The van der Waals surface area contributed by atoms with Crippen LogP contribution in [0, 0.1) is 6.92 Å². The minimum absolute atomic E-state index is 0. The quantitative estimate of drug-likeness (QED) is 0.799. The maximum Gasteiger partial charge on any atom is 0.252 e. The van der Waals surface area contributed by atoms with Gasteiger partial charge in [-0.1, -0.05) is 0 Å². The third kappa shape index (κ3) is 2.26. The largest absolute Gasteiger partial charge is 0.383 e. The van der Waals surface area contributed by atoms with Crippen LogP contribution >= 0.6 is 24.0 Å². The summed E-state index contributed by atoms with van der Waals surface area (Å²) in [6, 6.07) is 6.98. The number of hydrogen-bond acceptors (Lipinski definition) is 3. The van der Waals surface area contributed by atoms with Crippen LogP contribution in [-0.4, -0.2) is 10.2 Å². The normalized spacial score (nSPS) is 9.88. The van der Waals surface area contributed by atoms with Gasteiger partial charge in [-0.05, 0) is 48.4 Å². The van der Waals surface area contributed by atoms with Gasteiger partial charge < -0.3 is 5.73 Å². The molecule has 0 spiro atoms. The van der Waals surface area contributed by atoms with Gasteiger partial charge in [0.25, 0.3) is 5.24 Å². The first-order valence-corrected chi connectivity index (χ1v) is 4.82. The lowest BCUT2D eigenvalue weighted by molar-refractivity contribution is 0.108. The van der Waals surface area contributed by atoms with Crippen molar-refractivity contribution in [2.75, 3.05) is 5.73 Å². The average molecular weight is 257 g/mol. The number of aromatic nitrogens is 1. The van der Waals surface area contributed by atoms with E-state index in [0.717, 1.165) is 16.5 Å². The highest BCUT2D eigenvalue weighted by atomic mass is 35.5. The Morgan fingerprint density at radius 3 is 2.69 bits per heavy atom. The Morgan fingerprint density at radius 1 is 1.38 bits per heavy atom. The summed E-state index contributed by atoms with van der Waals surface area (Å²) >= 11 is 5.39. The van der Waals surface area contributed by atoms with E-state index in [4.69, 9.17) is 17.3 Å². The Hall–Kier alpha value is -1.32. The summed E-state index contributed by atoms with van der Waals surface area (Å²) in [4.78, 5) is 15.2. The van der Waals surface area contributed by atoms with Gasteiger partial charge >= 0.3 is 0 Å². The van der Waals surface area contributed by atoms with Crippen LogP contribution < -0.4 is 5.73 Å². The predicted octanol–water partition coefficient (Wildman–Crippen LogP) is 2.93. The van der Waals surface area contributed by atoms with Gasteiger partial charge in [-0.15, -0.1) is 12.4 Å². The van der Waals surface area contributed by atoms with Crippen LogP contribution in [0.25, 0.3) is 10.9 Å². The lowest BCUT2D eigenvalue weighted by atomic mass is 10.1. The average Bonchev–Trinajstić information content (AvgIpc) is 2.19. The third-order valence-electron chi connectivity index (χ3n) is 2.27. The third-order valence-corrected chi connectivity index (χ3v) is 2.49. The molecule has 16 heavy (non-hydrogen) atoms. The molecule has 0 saturated heterocycles. The second-order valence-corrected chi connectivity index (χ2v) is 3.71. The number of pyridine rings is 1. The Morgan fingerprint density at radius 2 is 2.06 bits per heavy atom. The number of halogens is 2. The first-order valence-electron chi connectivity index (χ1n) is 4.44. The van der Waals surface area contributed by atoms with Gasteiger partial charge in [-0.25, -0.2) is 4.98 Å². The standard InChI is InChI=1S/C11H9ClN2O.ClH/c1-6-4-8-5-7(10(12)15)2-3-9(8)14-11(6)13;/h2-5H,1H3,(H2,13,14);1H. The smallest absolute Gasteiger partial charge is 0.252 e. The highest BCUT2D eigenvalue weighted by Gasteiger charge is 2.05. The van der Waals surface area contributed by atoms with Crippen molar-refractivity contribution < 1.29 is 4.79 Å². The maximum atomic E-state index is 11.0. The van der Waals surface area contributed by atoms with Crippen LogP contribution in [0.2, 0.25) is 0 Å². The van der Waals surface area contributed by atoms with Gasteiger partial charge in [0.05, 0.1) is 5.52 Å². The minimum atomic E-state index is -0.466. The first-order chi connectivity index (χ1) is 7.08. The molecule has 0 bridgehead atoms. The van der Waals surface area contributed by atoms with E-state index in [1.165, 1.54) is 0 Å². The number of carbonyl (C=O) groups excluding carboxylic acids is 1. The van der Waals surface area contributed by atoms with E-state index in [0.29, 0.717) is 11.4 Å². The summed E-state index contributed by atoms with van der Waals surface area (Å²) in [5.41, 5.74) is 7.80. The molecular weight excluding hydrogens is 247 g/mol. The zero-order valence-electron chi connectivity index (χ0n) is 8.53. The van der Waals surface area contributed by atoms with Crippen LogP contribution in [0.3, 0.4) is 0 Å². The monoisotopic (exact) mass is 256 g/mol. The van der Waals surface area contributed by atoms with Crippen molar-refractivity contribution in [3.63, 3.8) is 0 Å². The zero-order valence-corrected chi connectivity index (χ0v) is 10.1. The first kappa shape index (κ1) is 12.7. The molecule has 0 radical (unpaired) electrons. The molecule has 2 N–H and O–H groups in total. The lowest BCUT2D eigenvalue weighted by Gasteiger charge is -2.03. The summed E-state index contributed by atoms with van der Waals surface area (Å²) < 4.78 is 0. The Kier molecular flexibility index (Phi) is 3.73. The molecule has 1 aromatic carbocycles. The molecule has 0 aliphatic carbocycles. The number of hydrogen-bond donors (Lipinski definition) is 1. The summed E-state index contributed by atoms with van der Waals surface area (Å²) in [6.45, 7) is 1.87. The maximum absolute atomic E-state index is 11.0. The number of anilines is 1. The fraction of sp³-hybridized carbons (Fsp3) is 0.0909. The van der Waals surface area contributed by atoms with Crippen molar-refractivity contribution >= 4 is 46.0 Å². The summed E-state index contributed by atoms with van der Waals surface area (Å²) in [6.07, 6.45) is 0. The van der Waals surface area contributed by atoms with Crippen LogP contribution in [0.4, 0.5) is 5.82 Å². The van der Waals surface area contributed by atoms with E-state index in [-0.39, 0.29) is 12.4 Å². The summed E-state index contributed by atoms with van der Waals surface area (Å²) in [5.74, 6) is 0.507. The molecular formula is C11H10Cl2N2O. The number of benzene rings is 1. The number of nitrogens with zero attached hydrogens (tertiary/aromatic N) is 1. The predicted molar refractivity (Wildman–Crippen MR) is 68.3 cm³/mol. The molecule has 2 aromatic rings. The number of nitrogen functional groups attached to an aromatic ring is 1. The van der Waals surface area contributed by atoms with Gasteiger partial charge in [-0.2, -0.15) is 0 Å². The van der Waals surface area contributed by atoms with Crippen LogP contribution in [0.5, 0.6) is 0 Å². The SMILES string of the molecule is Cc1cc2cc(C(=O)Cl)ccc2nc1N.Cl. The Balaban J connectivity index is 0.00000128. The second-order valence-electron chi connectivity index (χ2n) is 3.37. The molecule has 1 heterocycles. The van der Waals surface area contributed by atoms with Crippen molar-refractivity contribution in [1.82, 2.24) is 4.98 Å². The molecule has 0 unspecified atom stereocenters. The summed E-state index contributed by atoms with van der Waals surface area (Å²) in [7, 11) is 0. The minimum Gasteiger partial charge on any atom is -0.383 e. The summed E-state index contributed by atoms with van der Waals surface area (Å²) in [5, 5.41) is 0.402. The number of nitrogens with two attached hydrogens (primary N) is 1. The fourth-order valence-corrected chi connectivity index (χ4v) is 1.54. The second kappa shape index (κ2) is 4.68. The van der Waals surface area contributed by atoms with E-state index < -0.39 is 5.24 Å². The van der Waals surface area contributed by atoms with Crippen molar-refractivity contribution in [2.24, 2.45) is 0 Å². The van der Waals surface area contributed by atoms with Crippen LogP contribution in [-0.2, 0) is 0 Å². The van der Waals surface area contributed by atoms with Gasteiger partial charge in [0.15, 0.2) is 0 Å². The topological polar surface area (TPSA) is 56.0 Å². The Labute approximate surface area is 104 Å². The molecule has 0 saturated carbocycles. The molecule has 5 heteroatoms. The molecule has 2 rings (SSSR count). The Bertz CT molecular complexity index is 555. The van der Waals surface area contributed by atoms with Gasteiger partial charge in [0.1, 0.15) is 5.82 Å². The van der Waals surface area contributed by atoms with Crippen molar-refractivity contribution in [3.8, 4) is 0 Å². The van der Waals surface area contributed by atoms with E-state index in [1.54, 1.807) is 18.2 Å².